The molecule has 0 radical (unpaired) electrons. The zero-order valence-electron chi connectivity index (χ0n) is 14.0. The number of thiophene rings is 1. The second-order valence-corrected chi connectivity index (χ2v) is 6.64. The van der Waals surface area contributed by atoms with Gasteiger partial charge in [0.05, 0.1) is 35.5 Å². The van der Waals surface area contributed by atoms with Crippen molar-refractivity contribution in [2.45, 2.75) is 0 Å². The monoisotopic (exact) mass is 363 g/mol. The van der Waals surface area contributed by atoms with E-state index < -0.39 is 0 Å². The molecule has 0 fully saturated rings. The van der Waals surface area contributed by atoms with Crippen molar-refractivity contribution in [2.24, 2.45) is 0 Å². The smallest absolute Gasteiger partial charge is 0.163 e. The molecular weight excluding hydrogens is 350 g/mol. The molecule has 128 valence electrons. The topological polar surface area (TPSA) is 75.0 Å². The summed E-state index contributed by atoms with van der Waals surface area (Å²) in [5.74, 6) is 2.06. The van der Waals surface area contributed by atoms with Gasteiger partial charge in [-0.2, -0.15) is 0 Å². The van der Waals surface area contributed by atoms with Crippen LogP contribution in [0.1, 0.15) is 0 Å². The van der Waals surface area contributed by atoms with Gasteiger partial charge in [-0.05, 0) is 12.1 Å². The molecule has 7 nitrogen and oxygen atoms in total. The first-order valence-electron chi connectivity index (χ1n) is 7.88. The van der Waals surface area contributed by atoms with E-state index >= 15 is 0 Å². The molecule has 0 saturated carbocycles. The number of aromatic nitrogens is 5. The van der Waals surface area contributed by atoms with Crippen molar-refractivity contribution in [1.29, 1.82) is 0 Å². The fraction of sp³-hybridized carbons (Fsp3) is 0.111. The molecule has 5 aromatic rings. The summed E-state index contributed by atoms with van der Waals surface area (Å²) in [7, 11) is 3.23. The van der Waals surface area contributed by atoms with Crippen LogP contribution in [0.3, 0.4) is 0 Å². The third-order valence-electron chi connectivity index (χ3n) is 4.29. The number of methoxy groups -OCH3 is 2. The highest BCUT2D eigenvalue weighted by Crippen LogP contribution is 2.36. The first-order chi connectivity index (χ1) is 12.8. The lowest BCUT2D eigenvalue weighted by Crippen LogP contribution is -1.97. The van der Waals surface area contributed by atoms with Gasteiger partial charge in [-0.3, -0.25) is 4.57 Å². The molecule has 0 N–H and O–H groups in total. The summed E-state index contributed by atoms with van der Waals surface area (Å²) in [6, 6.07) is 7.70. The molecule has 0 aliphatic rings. The van der Waals surface area contributed by atoms with Gasteiger partial charge in [0.1, 0.15) is 17.5 Å². The Hall–Kier alpha value is -3.26. The number of benzene rings is 1. The normalized spacial score (nSPS) is 11.5. The zero-order valence-corrected chi connectivity index (χ0v) is 14.8. The van der Waals surface area contributed by atoms with Gasteiger partial charge >= 0.3 is 0 Å². The average molecular weight is 363 g/mol. The van der Waals surface area contributed by atoms with Crippen LogP contribution < -0.4 is 9.47 Å². The highest BCUT2D eigenvalue weighted by Gasteiger charge is 2.17. The highest BCUT2D eigenvalue weighted by atomic mass is 32.1. The van der Waals surface area contributed by atoms with Gasteiger partial charge in [0.25, 0.3) is 0 Å². The van der Waals surface area contributed by atoms with Crippen molar-refractivity contribution >= 4 is 42.8 Å². The van der Waals surface area contributed by atoms with E-state index in [2.05, 4.69) is 19.9 Å². The van der Waals surface area contributed by atoms with Crippen molar-refractivity contribution in [3.05, 3.63) is 43.1 Å². The molecule has 0 aliphatic carbocycles. The predicted octanol–water partition coefficient (Wildman–Crippen LogP) is 3.60. The highest BCUT2D eigenvalue weighted by molar-refractivity contribution is 7.25. The minimum atomic E-state index is 0.643. The van der Waals surface area contributed by atoms with Crippen LogP contribution in [0, 0.1) is 0 Å². The molecule has 8 heteroatoms. The van der Waals surface area contributed by atoms with Gasteiger partial charge in [0, 0.05) is 23.7 Å². The average Bonchev–Trinajstić information content (AvgIpc) is 3.27. The molecule has 0 bridgehead atoms. The molecule has 5 rings (SSSR count). The third-order valence-corrected chi connectivity index (χ3v) is 5.39. The third kappa shape index (κ3) is 2.05. The molecule has 0 aliphatic heterocycles. The Morgan fingerprint density at radius 2 is 1.85 bits per heavy atom. The summed E-state index contributed by atoms with van der Waals surface area (Å²) in [5, 5.41) is 1.03. The Balaban J connectivity index is 1.83. The summed E-state index contributed by atoms with van der Waals surface area (Å²) in [6.45, 7) is 0. The van der Waals surface area contributed by atoms with E-state index in [1.54, 1.807) is 44.4 Å². The number of imidazole rings is 1. The van der Waals surface area contributed by atoms with E-state index in [1.807, 2.05) is 28.8 Å². The summed E-state index contributed by atoms with van der Waals surface area (Å²) in [5.41, 5.74) is 2.58. The quantitative estimate of drug-likeness (QED) is 0.488. The molecule has 0 atom stereocenters. The van der Waals surface area contributed by atoms with Crippen molar-refractivity contribution in [3.63, 3.8) is 0 Å². The van der Waals surface area contributed by atoms with Crippen molar-refractivity contribution < 1.29 is 9.47 Å². The minimum Gasteiger partial charge on any atom is -0.493 e. The van der Waals surface area contributed by atoms with Gasteiger partial charge in [0.2, 0.25) is 0 Å². The minimum absolute atomic E-state index is 0.643. The number of nitrogens with zero attached hydrogens (tertiary/aromatic N) is 5. The number of fused-ring (bicyclic) bond motifs is 4. The maximum Gasteiger partial charge on any atom is 0.163 e. The van der Waals surface area contributed by atoms with Crippen LogP contribution >= 0.6 is 11.3 Å². The van der Waals surface area contributed by atoms with Crippen molar-refractivity contribution in [2.75, 3.05) is 14.2 Å². The summed E-state index contributed by atoms with van der Waals surface area (Å²) < 4.78 is 13.7. The lowest BCUT2D eigenvalue weighted by atomic mass is 10.2. The van der Waals surface area contributed by atoms with Crippen molar-refractivity contribution in [1.82, 2.24) is 24.5 Å². The van der Waals surface area contributed by atoms with E-state index in [1.165, 1.54) is 0 Å². The first-order valence-corrected chi connectivity index (χ1v) is 8.69. The molecule has 0 spiro atoms. The van der Waals surface area contributed by atoms with Crippen LogP contribution in [0.2, 0.25) is 0 Å². The molecule has 4 aromatic heterocycles. The molecule has 0 unspecified atom stereocenters. The summed E-state index contributed by atoms with van der Waals surface area (Å²) in [4.78, 5) is 18.9. The first kappa shape index (κ1) is 15.0. The zero-order chi connectivity index (χ0) is 17.7. The second-order valence-electron chi connectivity index (χ2n) is 5.64. The second kappa shape index (κ2) is 5.63. The van der Waals surface area contributed by atoms with E-state index in [0.29, 0.717) is 11.5 Å². The maximum atomic E-state index is 5.43. The molecule has 0 amide bonds. The Morgan fingerprint density at radius 3 is 2.69 bits per heavy atom. The van der Waals surface area contributed by atoms with Gasteiger partial charge in [-0.15, -0.1) is 11.3 Å². The SMILES string of the molecule is COc1cc2ncn(-c3ncnc4c3sc3ncccc34)c2cc1OC. The van der Waals surface area contributed by atoms with E-state index in [-0.39, 0.29) is 0 Å². The summed E-state index contributed by atoms with van der Waals surface area (Å²) >= 11 is 1.57. The van der Waals surface area contributed by atoms with Crippen LogP contribution in [0.25, 0.3) is 37.3 Å². The Morgan fingerprint density at radius 1 is 1.00 bits per heavy atom. The van der Waals surface area contributed by atoms with Gasteiger partial charge in [0.15, 0.2) is 17.3 Å². The van der Waals surface area contributed by atoms with E-state index in [4.69, 9.17) is 9.47 Å². The van der Waals surface area contributed by atoms with E-state index in [9.17, 15) is 0 Å². The largest absolute Gasteiger partial charge is 0.493 e. The van der Waals surface area contributed by atoms with Crippen molar-refractivity contribution in [3.8, 4) is 17.3 Å². The number of ether oxygens (including phenoxy) is 2. The lowest BCUT2D eigenvalue weighted by Gasteiger charge is -2.09. The maximum absolute atomic E-state index is 5.43. The van der Waals surface area contributed by atoms with Gasteiger partial charge in [-0.1, -0.05) is 0 Å². The molecule has 1 aromatic carbocycles. The molecular formula is C18H13N5O2S. The Bertz CT molecular complexity index is 1280. The number of hydrogen-bond acceptors (Lipinski definition) is 7. The van der Waals surface area contributed by atoms with Gasteiger partial charge < -0.3 is 9.47 Å². The van der Waals surface area contributed by atoms with Crippen LogP contribution in [-0.4, -0.2) is 38.7 Å². The Labute approximate surface area is 151 Å². The lowest BCUT2D eigenvalue weighted by molar-refractivity contribution is 0.355. The molecule has 0 saturated heterocycles. The van der Waals surface area contributed by atoms with Crippen LogP contribution in [0.4, 0.5) is 0 Å². The number of pyridine rings is 1. The van der Waals surface area contributed by atoms with Gasteiger partial charge in [-0.25, -0.2) is 19.9 Å². The van der Waals surface area contributed by atoms with Crippen LogP contribution in [0.5, 0.6) is 11.5 Å². The summed E-state index contributed by atoms with van der Waals surface area (Å²) in [6.07, 6.45) is 5.11. The predicted molar refractivity (Wildman–Crippen MR) is 100 cm³/mol. The standard InChI is InChI=1S/C18H13N5O2S/c1-24-13-6-11-12(7-14(13)25-2)23(9-22-11)17-16-15(20-8-21-17)10-4-3-5-19-18(10)26-16/h3-9H,1-2H3. The fourth-order valence-corrected chi connectivity index (χ4v) is 4.16. The van der Waals surface area contributed by atoms with E-state index in [0.717, 1.165) is 37.3 Å². The molecule has 4 heterocycles. The number of rotatable bonds is 3. The fourth-order valence-electron chi connectivity index (χ4n) is 3.08. The Kier molecular flexibility index (Phi) is 3.26. The van der Waals surface area contributed by atoms with Crippen LogP contribution in [-0.2, 0) is 0 Å². The van der Waals surface area contributed by atoms with Crippen LogP contribution in [0.15, 0.2) is 43.1 Å². The number of hydrogen-bond donors (Lipinski definition) is 0. The molecule has 26 heavy (non-hydrogen) atoms.